The fourth-order valence-corrected chi connectivity index (χ4v) is 5.63. The van der Waals surface area contributed by atoms with Gasteiger partial charge in [0.2, 0.25) is 5.91 Å². The lowest BCUT2D eigenvalue weighted by Crippen LogP contribution is -2.38. The van der Waals surface area contributed by atoms with Gasteiger partial charge in [-0.15, -0.1) is 0 Å². The van der Waals surface area contributed by atoms with Gasteiger partial charge in [-0.05, 0) is 60.2 Å². The molecule has 0 aliphatic carbocycles. The molecule has 0 N–H and O–H groups in total. The molecule has 1 aliphatic rings. The van der Waals surface area contributed by atoms with Crippen LogP contribution in [0.25, 0.3) is 21.0 Å². The van der Waals surface area contributed by atoms with Crippen molar-refractivity contribution < 1.29 is 9.53 Å². The Labute approximate surface area is 186 Å². The number of fused-ring (bicyclic) bond motifs is 2. The summed E-state index contributed by atoms with van der Waals surface area (Å²) in [6.45, 7) is 5.51. The Morgan fingerprint density at radius 2 is 2.00 bits per heavy atom. The standard InChI is InChI=1S/C26H26N2O2S/c1-17-13-18(2)25-23(14-17)31-26(27-25)28(16-21-10-6-12-30-21)24(29)15-20-9-5-8-19-7-3-4-11-22(19)20/h3-5,7-9,11,13-14,21H,6,10,12,15-16H2,1-2H3. The van der Waals surface area contributed by atoms with Crippen molar-refractivity contribution in [3.63, 3.8) is 0 Å². The van der Waals surface area contributed by atoms with Crippen LogP contribution in [-0.2, 0) is 16.0 Å². The summed E-state index contributed by atoms with van der Waals surface area (Å²) in [6, 6.07) is 18.7. The second-order valence-corrected chi connectivity index (χ2v) is 9.39. The maximum absolute atomic E-state index is 13.6. The van der Waals surface area contributed by atoms with Gasteiger partial charge in [-0.3, -0.25) is 9.69 Å². The molecule has 1 amide bonds. The fraction of sp³-hybridized carbons (Fsp3) is 0.308. The van der Waals surface area contributed by atoms with Crippen molar-refractivity contribution in [1.29, 1.82) is 0 Å². The van der Waals surface area contributed by atoms with Crippen LogP contribution in [0.15, 0.2) is 54.6 Å². The molecule has 1 saturated heterocycles. The number of thiazole rings is 1. The molecule has 1 unspecified atom stereocenters. The van der Waals surface area contributed by atoms with E-state index in [9.17, 15) is 4.79 Å². The van der Waals surface area contributed by atoms with Gasteiger partial charge in [0.25, 0.3) is 0 Å². The predicted molar refractivity (Wildman–Crippen MR) is 128 cm³/mol. The summed E-state index contributed by atoms with van der Waals surface area (Å²) in [7, 11) is 0. The molecule has 158 valence electrons. The maximum atomic E-state index is 13.6. The Kier molecular flexibility index (Phi) is 5.47. The first-order chi connectivity index (χ1) is 15.1. The molecule has 0 radical (unpaired) electrons. The first kappa shape index (κ1) is 20.2. The number of hydrogen-bond acceptors (Lipinski definition) is 4. The zero-order valence-electron chi connectivity index (χ0n) is 17.9. The van der Waals surface area contributed by atoms with E-state index in [1.54, 1.807) is 11.3 Å². The quantitative estimate of drug-likeness (QED) is 0.401. The molecule has 1 atom stereocenters. The minimum absolute atomic E-state index is 0.0697. The third-order valence-electron chi connectivity index (χ3n) is 5.98. The zero-order chi connectivity index (χ0) is 21.4. The molecule has 4 nitrogen and oxygen atoms in total. The average molecular weight is 431 g/mol. The molecule has 0 bridgehead atoms. The van der Waals surface area contributed by atoms with Gasteiger partial charge in [0.05, 0.1) is 29.3 Å². The van der Waals surface area contributed by atoms with Crippen molar-refractivity contribution in [1.82, 2.24) is 4.98 Å². The molecule has 3 aromatic carbocycles. The Bertz CT molecular complexity index is 1250. The molecule has 5 heteroatoms. The van der Waals surface area contributed by atoms with Crippen LogP contribution in [0.4, 0.5) is 5.13 Å². The second kappa shape index (κ2) is 8.40. The number of benzene rings is 3. The number of amides is 1. The number of nitrogens with zero attached hydrogens (tertiary/aromatic N) is 2. The van der Waals surface area contributed by atoms with Crippen LogP contribution in [-0.4, -0.2) is 30.1 Å². The van der Waals surface area contributed by atoms with Crippen LogP contribution < -0.4 is 4.90 Å². The van der Waals surface area contributed by atoms with E-state index in [1.807, 2.05) is 23.1 Å². The monoisotopic (exact) mass is 430 g/mol. The molecule has 1 aliphatic heterocycles. The van der Waals surface area contributed by atoms with Gasteiger partial charge < -0.3 is 4.74 Å². The molecule has 2 heterocycles. The molecule has 0 spiro atoms. The smallest absolute Gasteiger partial charge is 0.233 e. The molecular weight excluding hydrogens is 404 g/mol. The van der Waals surface area contributed by atoms with Gasteiger partial charge in [0.15, 0.2) is 5.13 Å². The van der Waals surface area contributed by atoms with Crippen molar-refractivity contribution >= 4 is 43.4 Å². The van der Waals surface area contributed by atoms with E-state index in [4.69, 9.17) is 9.72 Å². The molecule has 5 rings (SSSR count). The van der Waals surface area contributed by atoms with Gasteiger partial charge in [-0.1, -0.05) is 59.9 Å². The minimum atomic E-state index is 0.0697. The summed E-state index contributed by atoms with van der Waals surface area (Å²) >= 11 is 1.60. The molecule has 31 heavy (non-hydrogen) atoms. The predicted octanol–water partition coefficient (Wildman–Crippen LogP) is 5.82. The number of aromatic nitrogens is 1. The van der Waals surface area contributed by atoms with Gasteiger partial charge in [0, 0.05) is 6.61 Å². The summed E-state index contributed by atoms with van der Waals surface area (Å²) in [6.07, 6.45) is 2.46. The van der Waals surface area contributed by atoms with Gasteiger partial charge >= 0.3 is 0 Å². The molecule has 4 aromatic rings. The lowest BCUT2D eigenvalue weighted by Gasteiger charge is -2.23. The van der Waals surface area contributed by atoms with Crippen molar-refractivity contribution in [2.75, 3.05) is 18.1 Å². The van der Waals surface area contributed by atoms with Crippen LogP contribution in [0.1, 0.15) is 29.5 Å². The number of ether oxygens (including phenoxy) is 1. The highest BCUT2D eigenvalue weighted by Gasteiger charge is 2.26. The van der Waals surface area contributed by atoms with E-state index in [2.05, 4.69) is 50.2 Å². The third-order valence-corrected chi connectivity index (χ3v) is 7.01. The highest BCUT2D eigenvalue weighted by molar-refractivity contribution is 7.22. The van der Waals surface area contributed by atoms with Crippen molar-refractivity contribution in [2.45, 2.75) is 39.2 Å². The lowest BCUT2D eigenvalue weighted by atomic mass is 10.0. The number of carbonyl (C=O) groups excluding carboxylic acids is 1. The van der Waals surface area contributed by atoms with Crippen LogP contribution in [0, 0.1) is 13.8 Å². The van der Waals surface area contributed by atoms with E-state index in [1.165, 1.54) is 5.56 Å². The molecule has 1 fully saturated rings. The normalized spacial score (nSPS) is 16.3. The number of carbonyl (C=O) groups is 1. The average Bonchev–Trinajstić information content (AvgIpc) is 3.42. The van der Waals surface area contributed by atoms with Crippen LogP contribution in [0.3, 0.4) is 0 Å². The Hall–Kier alpha value is -2.76. The van der Waals surface area contributed by atoms with E-state index < -0.39 is 0 Å². The highest BCUT2D eigenvalue weighted by Crippen LogP contribution is 2.33. The van der Waals surface area contributed by atoms with Gasteiger partial charge in [-0.2, -0.15) is 0 Å². The van der Waals surface area contributed by atoms with E-state index in [-0.39, 0.29) is 12.0 Å². The third kappa shape index (κ3) is 4.08. The van der Waals surface area contributed by atoms with E-state index in [0.717, 1.165) is 56.7 Å². The zero-order valence-corrected chi connectivity index (χ0v) is 18.7. The van der Waals surface area contributed by atoms with E-state index in [0.29, 0.717) is 13.0 Å². The van der Waals surface area contributed by atoms with Gasteiger partial charge in [0.1, 0.15) is 0 Å². The highest BCUT2D eigenvalue weighted by atomic mass is 32.1. The van der Waals surface area contributed by atoms with E-state index >= 15 is 0 Å². The largest absolute Gasteiger partial charge is 0.376 e. The summed E-state index contributed by atoms with van der Waals surface area (Å²) in [5.41, 5.74) is 4.40. The summed E-state index contributed by atoms with van der Waals surface area (Å²) in [5, 5.41) is 3.06. The summed E-state index contributed by atoms with van der Waals surface area (Å²) in [4.78, 5) is 20.4. The SMILES string of the molecule is Cc1cc(C)c2nc(N(CC3CCCO3)C(=O)Cc3cccc4ccccc34)sc2c1. The topological polar surface area (TPSA) is 42.4 Å². The number of aryl methyl sites for hydroxylation is 2. The fourth-order valence-electron chi connectivity index (χ4n) is 4.46. The van der Waals surface area contributed by atoms with Crippen molar-refractivity contribution in [3.8, 4) is 0 Å². The van der Waals surface area contributed by atoms with Crippen molar-refractivity contribution in [3.05, 3.63) is 71.3 Å². The molecular formula is C26H26N2O2S. The Morgan fingerprint density at radius 1 is 1.16 bits per heavy atom. The van der Waals surface area contributed by atoms with Crippen molar-refractivity contribution in [2.24, 2.45) is 0 Å². The lowest BCUT2D eigenvalue weighted by molar-refractivity contribution is -0.118. The summed E-state index contributed by atoms with van der Waals surface area (Å²) < 4.78 is 7.00. The number of hydrogen-bond donors (Lipinski definition) is 0. The Balaban J connectivity index is 1.51. The molecule has 0 saturated carbocycles. The number of rotatable bonds is 5. The van der Waals surface area contributed by atoms with Crippen LogP contribution in [0.5, 0.6) is 0 Å². The molecule has 1 aromatic heterocycles. The first-order valence-electron chi connectivity index (χ1n) is 10.8. The van der Waals surface area contributed by atoms with Crippen LogP contribution in [0.2, 0.25) is 0 Å². The Morgan fingerprint density at radius 3 is 2.84 bits per heavy atom. The maximum Gasteiger partial charge on any atom is 0.233 e. The second-order valence-electron chi connectivity index (χ2n) is 8.38. The number of anilines is 1. The summed E-state index contributed by atoms with van der Waals surface area (Å²) in [5.74, 6) is 0.0697. The van der Waals surface area contributed by atoms with Crippen LogP contribution >= 0.6 is 11.3 Å². The minimum Gasteiger partial charge on any atom is -0.376 e. The van der Waals surface area contributed by atoms with Gasteiger partial charge in [-0.25, -0.2) is 4.98 Å². The first-order valence-corrected chi connectivity index (χ1v) is 11.7.